The highest BCUT2D eigenvalue weighted by Gasteiger charge is 2.15. The Morgan fingerprint density at radius 1 is 0.943 bits per heavy atom. The first-order chi connectivity index (χ1) is 16.9. The molecule has 0 atom stereocenters. The number of anilines is 1. The zero-order valence-corrected chi connectivity index (χ0v) is 21.9. The molecule has 0 aromatic heterocycles. The maximum atomic E-state index is 12.7. The molecule has 35 heavy (non-hydrogen) atoms. The Morgan fingerprint density at radius 2 is 1.74 bits per heavy atom. The number of aryl methyl sites for hydroxylation is 1. The van der Waals surface area contributed by atoms with Crippen molar-refractivity contribution in [3.8, 4) is 5.75 Å². The van der Waals surface area contributed by atoms with Crippen LogP contribution in [-0.2, 0) is 4.79 Å². The van der Waals surface area contributed by atoms with E-state index in [1.807, 2.05) is 55.5 Å². The molecule has 2 N–H and O–H groups in total. The van der Waals surface area contributed by atoms with E-state index in [0.29, 0.717) is 21.3 Å². The first-order valence-electron chi connectivity index (χ1n) is 10.7. The summed E-state index contributed by atoms with van der Waals surface area (Å²) >= 11 is 6.86. The summed E-state index contributed by atoms with van der Waals surface area (Å²) in [6.45, 7) is 1.95. The largest absolute Gasteiger partial charge is 0.421 e. The van der Waals surface area contributed by atoms with E-state index in [2.05, 4.69) is 47.7 Å². The topological polar surface area (TPSA) is 79.8 Å². The van der Waals surface area contributed by atoms with E-state index in [-0.39, 0.29) is 12.5 Å². The van der Waals surface area contributed by atoms with E-state index in [0.717, 1.165) is 26.5 Å². The van der Waals surface area contributed by atoms with Crippen molar-refractivity contribution in [1.82, 2.24) is 5.43 Å². The standard InChI is InChI=1S/C27H21Br2N3O3/c1-17-5-4-8-20(11-17)27(34)35-26-21(12-22(28)14-24(26)29)15-31-32-25(33)16-30-23-10-9-18-6-2-3-7-19(18)13-23/h2-15,30H,16H2,1H3,(H,32,33). The minimum atomic E-state index is -0.491. The van der Waals surface area contributed by atoms with Crippen molar-refractivity contribution in [2.45, 2.75) is 6.92 Å². The number of fused-ring (bicyclic) bond motifs is 1. The highest BCUT2D eigenvalue weighted by Crippen LogP contribution is 2.32. The molecule has 0 aliphatic heterocycles. The summed E-state index contributed by atoms with van der Waals surface area (Å²) in [5.41, 5.74) is 5.24. The van der Waals surface area contributed by atoms with Crippen molar-refractivity contribution in [1.29, 1.82) is 0 Å². The third-order valence-electron chi connectivity index (χ3n) is 5.08. The molecule has 0 bridgehead atoms. The van der Waals surface area contributed by atoms with Crippen LogP contribution < -0.4 is 15.5 Å². The average molecular weight is 595 g/mol. The predicted octanol–water partition coefficient (Wildman–Crippen LogP) is 6.45. The van der Waals surface area contributed by atoms with Gasteiger partial charge in [-0.1, -0.05) is 64.0 Å². The molecule has 4 aromatic carbocycles. The zero-order chi connectivity index (χ0) is 24.8. The molecule has 4 aromatic rings. The number of hydrogen-bond donors (Lipinski definition) is 2. The van der Waals surface area contributed by atoms with Gasteiger partial charge in [0.1, 0.15) is 0 Å². The number of ether oxygens (including phenoxy) is 1. The summed E-state index contributed by atoms with van der Waals surface area (Å²) in [6, 6.07) is 24.6. The molecule has 0 radical (unpaired) electrons. The number of amides is 1. The lowest BCUT2D eigenvalue weighted by Crippen LogP contribution is -2.25. The van der Waals surface area contributed by atoms with Gasteiger partial charge in [0.05, 0.1) is 22.8 Å². The molecule has 0 aliphatic rings. The van der Waals surface area contributed by atoms with Crippen LogP contribution in [0.2, 0.25) is 0 Å². The van der Waals surface area contributed by atoms with E-state index in [1.54, 1.807) is 30.3 Å². The fraction of sp³-hybridized carbons (Fsp3) is 0.0741. The van der Waals surface area contributed by atoms with Gasteiger partial charge in [-0.05, 0) is 70.0 Å². The maximum Gasteiger partial charge on any atom is 0.343 e. The number of hydrazone groups is 1. The van der Waals surface area contributed by atoms with E-state index >= 15 is 0 Å². The Morgan fingerprint density at radius 3 is 2.54 bits per heavy atom. The Kier molecular flexibility index (Phi) is 7.94. The lowest BCUT2D eigenvalue weighted by atomic mass is 10.1. The number of halogens is 2. The van der Waals surface area contributed by atoms with Gasteiger partial charge in [0.25, 0.3) is 5.91 Å². The van der Waals surface area contributed by atoms with Crippen LogP contribution in [0.3, 0.4) is 0 Å². The number of nitrogens with zero attached hydrogens (tertiary/aromatic N) is 1. The minimum Gasteiger partial charge on any atom is -0.421 e. The third kappa shape index (κ3) is 6.55. The van der Waals surface area contributed by atoms with Crippen LogP contribution in [0.1, 0.15) is 21.5 Å². The summed E-state index contributed by atoms with van der Waals surface area (Å²) in [5.74, 6) is -0.510. The number of nitrogens with one attached hydrogen (secondary N) is 2. The van der Waals surface area contributed by atoms with Crippen LogP contribution in [0.4, 0.5) is 5.69 Å². The van der Waals surface area contributed by atoms with Gasteiger partial charge in [-0.3, -0.25) is 4.79 Å². The van der Waals surface area contributed by atoms with E-state index in [9.17, 15) is 9.59 Å². The molecule has 0 aliphatic carbocycles. The van der Waals surface area contributed by atoms with Gasteiger partial charge < -0.3 is 10.1 Å². The number of esters is 1. The van der Waals surface area contributed by atoms with Crippen LogP contribution in [0.15, 0.2) is 92.9 Å². The first kappa shape index (κ1) is 24.6. The molecule has 0 heterocycles. The Bertz CT molecular complexity index is 1440. The smallest absolute Gasteiger partial charge is 0.343 e. The second-order valence-corrected chi connectivity index (χ2v) is 9.54. The summed E-state index contributed by atoms with van der Waals surface area (Å²) < 4.78 is 6.97. The molecule has 0 fully saturated rings. The molecule has 0 saturated heterocycles. The number of hydrogen-bond acceptors (Lipinski definition) is 5. The third-order valence-corrected chi connectivity index (χ3v) is 6.13. The van der Waals surface area contributed by atoms with E-state index in [1.165, 1.54) is 6.21 Å². The second-order valence-electron chi connectivity index (χ2n) is 7.77. The normalized spacial score (nSPS) is 10.9. The van der Waals surface area contributed by atoms with Crippen molar-refractivity contribution in [2.24, 2.45) is 5.10 Å². The van der Waals surface area contributed by atoms with Crippen LogP contribution in [0.5, 0.6) is 5.75 Å². The number of carbonyl (C=O) groups is 2. The molecule has 0 saturated carbocycles. The van der Waals surface area contributed by atoms with Gasteiger partial charge in [0.15, 0.2) is 5.75 Å². The summed E-state index contributed by atoms with van der Waals surface area (Å²) in [7, 11) is 0. The van der Waals surface area contributed by atoms with E-state index in [4.69, 9.17) is 4.74 Å². The van der Waals surface area contributed by atoms with Gasteiger partial charge in [0, 0.05) is 15.7 Å². The molecule has 176 valence electrons. The average Bonchev–Trinajstić information content (AvgIpc) is 2.84. The molecule has 0 spiro atoms. The van der Waals surface area contributed by atoms with Gasteiger partial charge in [0.2, 0.25) is 0 Å². The number of benzene rings is 4. The van der Waals surface area contributed by atoms with Crippen molar-refractivity contribution in [3.05, 3.63) is 104 Å². The lowest BCUT2D eigenvalue weighted by molar-refractivity contribution is -0.119. The van der Waals surface area contributed by atoms with Crippen LogP contribution in [-0.4, -0.2) is 24.6 Å². The second kappa shape index (κ2) is 11.3. The minimum absolute atomic E-state index is 0.0487. The number of carbonyl (C=O) groups excluding carboxylic acids is 2. The lowest BCUT2D eigenvalue weighted by Gasteiger charge is -2.11. The Balaban J connectivity index is 1.41. The maximum absolute atomic E-state index is 12.7. The zero-order valence-electron chi connectivity index (χ0n) is 18.7. The quantitative estimate of drug-likeness (QED) is 0.111. The van der Waals surface area contributed by atoms with Crippen molar-refractivity contribution in [2.75, 3.05) is 11.9 Å². The molecule has 1 amide bonds. The van der Waals surface area contributed by atoms with Crippen molar-refractivity contribution >= 4 is 66.4 Å². The fourth-order valence-electron chi connectivity index (χ4n) is 3.40. The summed E-state index contributed by atoms with van der Waals surface area (Å²) in [5, 5.41) is 9.35. The molecular weight excluding hydrogens is 574 g/mol. The Hall–Kier alpha value is -3.49. The highest BCUT2D eigenvalue weighted by atomic mass is 79.9. The van der Waals surface area contributed by atoms with E-state index < -0.39 is 5.97 Å². The van der Waals surface area contributed by atoms with Gasteiger partial charge in [-0.25, -0.2) is 10.2 Å². The van der Waals surface area contributed by atoms with Crippen molar-refractivity contribution < 1.29 is 14.3 Å². The van der Waals surface area contributed by atoms with Crippen LogP contribution in [0, 0.1) is 6.92 Å². The van der Waals surface area contributed by atoms with Crippen LogP contribution >= 0.6 is 31.9 Å². The first-order valence-corrected chi connectivity index (χ1v) is 12.3. The van der Waals surface area contributed by atoms with Crippen molar-refractivity contribution in [3.63, 3.8) is 0 Å². The molecular formula is C27H21Br2N3O3. The molecule has 6 nitrogen and oxygen atoms in total. The number of rotatable bonds is 7. The summed E-state index contributed by atoms with van der Waals surface area (Å²) in [4.78, 5) is 25.0. The fourth-order valence-corrected chi connectivity index (χ4v) is 4.74. The molecule has 8 heteroatoms. The predicted molar refractivity (Wildman–Crippen MR) is 146 cm³/mol. The molecule has 0 unspecified atom stereocenters. The van der Waals surface area contributed by atoms with Gasteiger partial charge in [-0.2, -0.15) is 5.10 Å². The SMILES string of the molecule is Cc1cccc(C(=O)Oc2c(Br)cc(Br)cc2C=NNC(=O)CNc2ccc3ccccc3c2)c1. The van der Waals surface area contributed by atoms with Crippen LogP contribution in [0.25, 0.3) is 10.8 Å². The van der Waals surface area contributed by atoms with Gasteiger partial charge >= 0.3 is 5.97 Å². The monoisotopic (exact) mass is 593 g/mol. The Labute approximate surface area is 219 Å². The van der Waals surface area contributed by atoms with Gasteiger partial charge in [-0.15, -0.1) is 0 Å². The highest BCUT2D eigenvalue weighted by molar-refractivity contribution is 9.11. The summed E-state index contributed by atoms with van der Waals surface area (Å²) in [6.07, 6.45) is 1.43. The molecule has 4 rings (SSSR count).